The molecule has 5 nitrogen and oxygen atoms in total. The third-order valence-corrected chi connectivity index (χ3v) is 4.26. The number of carbonyl (C=O) groups excluding carboxylic acids is 1. The lowest BCUT2D eigenvalue weighted by atomic mass is 10.1. The molecule has 0 bridgehead atoms. The molecule has 0 aliphatic heterocycles. The summed E-state index contributed by atoms with van der Waals surface area (Å²) in [6.07, 6.45) is 0. The summed E-state index contributed by atoms with van der Waals surface area (Å²) in [5, 5.41) is 6.83. The van der Waals surface area contributed by atoms with Crippen LogP contribution in [-0.2, 0) is 6.61 Å². The lowest BCUT2D eigenvalue weighted by Crippen LogP contribution is -2.15. The molecule has 0 saturated heterocycles. The van der Waals surface area contributed by atoms with E-state index >= 15 is 0 Å². The summed E-state index contributed by atoms with van der Waals surface area (Å²) in [5.41, 5.74) is 6.05. The van der Waals surface area contributed by atoms with E-state index < -0.39 is 0 Å². The molecule has 1 amide bonds. The van der Waals surface area contributed by atoms with Crippen LogP contribution in [0.3, 0.4) is 0 Å². The van der Waals surface area contributed by atoms with Crippen LogP contribution in [0.5, 0.6) is 5.75 Å². The molecular formula is C22H24N2O3. The number of aromatic nitrogens is 1. The second kappa shape index (κ2) is 7.66. The first-order valence-corrected chi connectivity index (χ1v) is 8.87. The highest BCUT2D eigenvalue weighted by molar-refractivity contribution is 6.04. The lowest BCUT2D eigenvalue weighted by molar-refractivity contribution is 0.101. The van der Waals surface area contributed by atoms with Gasteiger partial charge in [0.15, 0.2) is 5.69 Å². The van der Waals surface area contributed by atoms with Crippen molar-refractivity contribution in [1.82, 2.24) is 5.16 Å². The summed E-state index contributed by atoms with van der Waals surface area (Å²) < 4.78 is 11.1. The molecule has 0 saturated carbocycles. The highest BCUT2D eigenvalue weighted by Gasteiger charge is 2.21. The van der Waals surface area contributed by atoms with Gasteiger partial charge in [0.25, 0.3) is 5.91 Å². The van der Waals surface area contributed by atoms with E-state index in [-0.39, 0.29) is 18.2 Å². The molecule has 27 heavy (non-hydrogen) atoms. The summed E-state index contributed by atoms with van der Waals surface area (Å²) in [7, 11) is 0. The van der Waals surface area contributed by atoms with Gasteiger partial charge < -0.3 is 14.6 Å². The van der Waals surface area contributed by atoms with Crippen molar-refractivity contribution in [3.63, 3.8) is 0 Å². The number of hydrogen-bond donors (Lipinski definition) is 1. The first kappa shape index (κ1) is 18.7. The van der Waals surface area contributed by atoms with E-state index in [4.69, 9.17) is 9.26 Å². The minimum atomic E-state index is -0.309. The second-order valence-corrected chi connectivity index (χ2v) is 7.01. The van der Waals surface area contributed by atoms with Gasteiger partial charge in [-0.3, -0.25) is 4.79 Å². The molecule has 0 atom stereocenters. The Morgan fingerprint density at radius 2 is 1.48 bits per heavy atom. The average molecular weight is 364 g/mol. The summed E-state index contributed by atoms with van der Waals surface area (Å²) in [6.45, 7) is 10.0. The highest BCUT2D eigenvalue weighted by atomic mass is 16.5. The van der Waals surface area contributed by atoms with Crippen LogP contribution >= 0.6 is 0 Å². The molecule has 3 aromatic rings. The maximum absolute atomic E-state index is 12.7. The fraction of sp³-hybridized carbons (Fsp3) is 0.273. The first-order valence-electron chi connectivity index (χ1n) is 8.87. The number of nitrogens with zero attached hydrogens (tertiary/aromatic N) is 1. The van der Waals surface area contributed by atoms with E-state index in [0.29, 0.717) is 11.3 Å². The van der Waals surface area contributed by atoms with Crippen LogP contribution in [0.4, 0.5) is 5.69 Å². The molecular weight excluding hydrogens is 340 g/mol. The van der Waals surface area contributed by atoms with Gasteiger partial charge >= 0.3 is 0 Å². The molecule has 0 fully saturated rings. The number of ether oxygens (including phenoxy) is 1. The van der Waals surface area contributed by atoms with Gasteiger partial charge in [-0.1, -0.05) is 17.3 Å². The van der Waals surface area contributed by atoms with Crippen molar-refractivity contribution in [1.29, 1.82) is 0 Å². The van der Waals surface area contributed by atoms with Gasteiger partial charge in [-0.15, -0.1) is 0 Å². The van der Waals surface area contributed by atoms with Crippen LogP contribution in [-0.4, -0.2) is 11.1 Å². The standard InChI is InChI=1S/C22H24N2O3/c1-13-6-14(2)9-18(8-13)23-22(25)21-20(17(5)27-24-21)12-26-19-10-15(3)7-16(4)11-19/h6-11H,12H2,1-5H3,(H,23,25). The van der Waals surface area contributed by atoms with Crippen LogP contribution in [0.25, 0.3) is 0 Å². The Morgan fingerprint density at radius 1 is 0.926 bits per heavy atom. The van der Waals surface area contributed by atoms with Crippen molar-refractivity contribution >= 4 is 11.6 Å². The Labute approximate surface area is 159 Å². The lowest BCUT2D eigenvalue weighted by Gasteiger charge is -2.09. The number of amides is 1. The van der Waals surface area contributed by atoms with Crippen molar-refractivity contribution in [2.45, 2.75) is 41.2 Å². The third-order valence-electron chi connectivity index (χ3n) is 4.26. The quantitative estimate of drug-likeness (QED) is 0.688. The number of hydrogen-bond acceptors (Lipinski definition) is 4. The smallest absolute Gasteiger partial charge is 0.278 e. The van der Waals surface area contributed by atoms with Crippen molar-refractivity contribution < 1.29 is 14.1 Å². The van der Waals surface area contributed by atoms with Crippen LogP contribution in [0.2, 0.25) is 0 Å². The molecule has 1 aromatic heterocycles. The van der Waals surface area contributed by atoms with Crippen LogP contribution in [0.15, 0.2) is 40.9 Å². The Balaban J connectivity index is 1.78. The molecule has 0 unspecified atom stereocenters. The molecule has 5 heteroatoms. The fourth-order valence-electron chi connectivity index (χ4n) is 3.15. The Kier molecular flexibility index (Phi) is 5.31. The molecule has 0 aliphatic carbocycles. The summed E-state index contributed by atoms with van der Waals surface area (Å²) >= 11 is 0. The van der Waals surface area contributed by atoms with Crippen molar-refractivity contribution in [2.75, 3.05) is 5.32 Å². The Hall–Kier alpha value is -3.08. The van der Waals surface area contributed by atoms with Gasteiger partial charge in [-0.2, -0.15) is 0 Å². The number of rotatable bonds is 5. The third kappa shape index (κ3) is 4.56. The van der Waals surface area contributed by atoms with E-state index in [1.807, 2.05) is 52.0 Å². The normalized spacial score (nSPS) is 10.7. The molecule has 0 spiro atoms. The molecule has 0 radical (unpaired) electrons. The maximum Gasteiger partial charge on any atom is 0.278 e. The summed E-state index contributed by atoms with van der Waals surface area (Å²) in [6, 6.07) is 11.9. The predicted molar refractivity (Wildman–Crippen MR) is 105 cm³/mol. The second-order valence-electron chi connectivity index (χ2n) is 7.01. The molecule has 140 valence electrons. The minimum Gasteiger partial charge on any atom is -0.489 e. The SMILES string of the molecule is Cc1cc(C)cc(NC(=O)c2noc(C)c2COc2cc(C)cc(C)c2)c1. The van der Waals surface area contributed by atoms with E-state index in [2.05, 4.69) is 22.6 Å². The van der Waals surface area contributed by atoms with Gasteiger partial charge in [0.05, 0.1) is 5.56 Å². The molecule has 0 aliphatic rings. The predicted octanol–water partition coefficient (Wildman–Crippen LogP) is 5.05. The number of anilines is 1. The van der Waals surface area contributed by atoms with E-state index in [0.717, 1.165) is 33.7 Å². The summed E-state index contributed by atoms with van der Waals surface area (Å²) in [4.78, 5) is 12.7. The van der Waals surface area contributed by atoms with E-state index in [1.165, 1.54) is 0 Å². The van der Waals surface area contributed by atoms with Crippen molar-refractivity contribution in [3.8, 4) is 5.75 Å². The molecule has 2 aromatic carbocycles. The topological polar surface area (TPSA) is 64.4 Å². The fourth-order valence-corrected chi connectivity index (χ4v) is 3.15. The summed E-state index contributed by atoms with van der Waals surface area (Å²) in [5.74, 6) is 1.02. The van der Waals surface area contributed by atoms with E-state index in [9.17, 15) is 4.79 Å². The number of nitrogens with one attached hydrogen (secondary N) is 1. The molecule has 1 heterocycles. The maximum atomic E-state index is 12.7. The molecule has 1 N–H and O–H groups in total. The van der Waals surface area contributed by atoms with E-state index in [1.54, 1.807) is 6.92 Å². The average Bonchev–Trinajstić information content (AvgIpc) is 2.92. The van der Waals surface area contributed by atoms with Gasteiger partial charge in [-0.25, -0.2) is 0 Å². The van der Waals surface area contributed by atoms with Crippen LogP contribution in [0, 0.1) is 34.6 Å². The van der Waals surface area contributed by atoms with Crippen LogP contribution < -0.4 is 10.1 Å². The van der Waals surface area contributed by atoms with Crippen molar-refractivity contribution in [3.05, 3.63) is 75.7 Å². The highest BCUT2D eigenvalue weighted by Crippen LogP contribution is 2.22. The van der Waals surface area contributed by atoms with Gasteiger partial charge in [-0.05, 0) is 81.1 Å². The number of carbonyl (C=O) groups is 1. The largest absolute Gasteiger partial charge is 0.489 e. The van der Waals surface area contributed by atoms with Crippen molar-refractivity contribution in [2.24, 2.45) is 0 Å². The number of benzene rings is 2. The number of aryl methyl sites for hydroxylation is 5. The Morgan fingerprint density at radius 3 is 2.07 bits per heavy atom. The van der Waals surface area contributed by atoms with Gasteiger partial charge in [0.1, 0.15) is 18.1 Å². The monoisotopic (exact) mass is 364 g/mol. The Bertz CT molecular complexity index is 949. The zero-order chi connectivity index (χ0) is 19.6. The van der Waals surface area contributed by atoms with Gasteiger partial charge in [0.2, 0.25) is 0 Å². The van der Waals surface area contributed by atoms with Crippen LogP contribution in [0.1, 0.15) is 44.1 Å². The minimum absolute atomic E-state index is 0.216. The first-order chi connectivity index (χ1) is 12.8. The molecule has 3 rings (SSSR count). The van der Waals surface area contributed by atoms with Gasteiger partial charge in [0, 0.05) is 5.69 Å². The zero-order valence-electron chi connectivity index (χ0n) is 16.3. The zero-order valence-corrected chi connectivity index (χ0v) is 16.3.